The lowest BCUT2D eigenvalue weighted by Gasteiger charge is -2.35. The standard InChI is InChI=1S/C27H25N9O2/c1-3-25(37)35-12-10-34(11-13-35)23-7-5-21-26(33-23)27(30-16-28-21)32-19-4-6-22(18(2)14-19)38-20-8-9-36-24(15-20)29-17-31-36/h3-9,14-17H,1,10-13H2,2H3,(H,28,30,32). The number of amides is 1. The third kappa shape index (κ3) is 4.57. The normalized spacial score (nSPS) is 13.6. The van der Waals surface area contributed by atoms with Gasteiger partial charge in [0, 0.05) is 44.1 Å². The highest BCUT2D eigenvalue weighted by molar-refractivity contribution is 5.88. The quantitative estimate of drug-likeness (QED) is 0.343. The van der Waals surface area contributed by atoms with Crippen molar-refractivity contribution in [3.63, 3.8) is 0 Å². The van der Waals surface area contributed by atoms with Gasteiger partial charge < -0.3 is 19.9 Å². The van der Waals surface area contributed by atoms with E-state index in [2.05, 4.69) is 36.8 Å². The molecule has 0 saturated carbocycles. The van der Waals surface area contributed by atoms with E-state index in [1.807, 2.05) is 55.6 Å². The zero-order valence-electron chi connectivity index (χ0n) is 20.8. The van der Waals surface area contributed by atoms with Crippen LogP contribution in [0, 0.1) is 6.92 Å². The predicted molar refractivity (Wildman–Crippen MR) is 144 cm³/mol. The van der Waals surface area contributed by atoms with E-state index in [0.29, 0.717) is 48.9 Å². The number of fused-ring (bicyclic) bond motifs is 2. The highest BCUT2D eigenvalue weighted by Gasteiger charge is 2.21. The third-order valence-corrected chi connectivity index (χ3v) is 6.47. The number of carbonyl (C=O) groups is 1. The van der Waals surface area contributed by atoms with E-state index in [0.717, 1.165) is 28.3 Å². The van der Waals surface area contributed by atoms with E-state index in [1.165, 1.54) is 18.7 Å². The number of anilines is 3. The number of aryl methyl sites for hydroxylation is 1. The fourth-order valence-electron chi connectivity index (χ4n) is 4.45. The molecule has 5 aromatic rings. The minimum Gasteiger partial charge on any atom is -0.457 e. The summed E-state index contributed by atoms with van der Waals surface area (Å²) in [5.74, 6) is 2.82. The monoisotopic (exact) mass is 507 g/mol. The predicted octanol–water partition coefficient (Wildman–Crippen LogP) is 3.75. The first-order valence-corrected chi connectivity index (χ1v) is 12.2. The van der Waals surface area contributed by atoms with E-state index in [1.54, 1.807) is 9.42 Å². The maximum absolute atomic E-state index is 11.9. The molecule has 1 aliphatic rings. The topological polar surface area (TPSA) is 114 Å². The Kier molecular flexibility index (Phi) is 6.00. The molecule has 1 fully saturated rings. The van der Waals surface area contributed by atoms with Gasteiger partial charge in [0.15, 0.2) is 11.5 Å². The molecular formula is C27H25N9O2. The molecule has 5 heterocycles. The number of hydrogen-bond acceptors (Lipinski definition) is 9. The minimum absolute atomic E-state index is 0.0425. The Labute approximate surface area is 218 Å². The van der Waals surface area contributed by atoms with Crippen molar-refractivity contribution >= 4 is 39.9 Å². The second-order valence-electron chi connectivity index (χ2n) is 8.91. The number of pyridine rings is 2. The van der Waals surface area contributed by atoms with Crippen molar-refractivity contribution in [2.45, 2.75) is 6.92 Å². The van der Waals surface area contributed by atoms with Gasteiger partial charge in [-0.05, 0) is 55.0 Å². The van der Waals surface area contributed by atoms with Crippen molar-refractivity contribution in [1.29, 1.82) is 0 Å². The molecule has 0 aliphatic carbocycles. The van der Waals surface area contributed by atoms with Gasteiger partial charge in [-0.3, -0.25) is 4.79 Å². The summed E-state index contributed by atoms with van der Waals surface area (Å²) < 4.78 is 7.77. The molecule has 0 atom stereocenters. The first kappa shape index (κ1) is 23.3. The fraction of sp³-hybridized carbons (Fsp3) is 0.185. The maximum Gasteiger partial charge on any atom is 0.246 e. The van der Waals surface area contributed by atoms with Crippen LogP contribution >= 0.6 is 0 Å². The molecule has 38 heavy (non-hydrogen) atoms. The van der Waals surface area contributed by atoms with Gasteiger partial charge in [0.1, 0.15) is 35.5 Å². The first-order valence-electron chi connectivity index (χ1n) is 12.2. The Morgan fingerprint density at radius 1 is 1.03 bits per heavy atom. The number of aromatic nitrogens is 6. The average Bonchev–Trinajstić information content (AvgIpc) is 3.42. The SMILES string of the molecule is C=CC(=O)N1CCN(c2ccc3ncnc(Nc4ccc(Oc5ccn6ncnc6c5)c(C)c4)c3n2)CC1. The van der Waals surface area contributed by atoms with Crippen LogP contribution < -0.4 is 15.0 Å². The molecule has 6 rings (SSSR count). The molecule has 1 amide bonds. The van der Waals surface area contributed by atoms with Gasteiger partial charge >= 0.3 is 0 Å². The van der Waals surface area contributed by atoms with Gasteiger partial charge in [-0.15, -0.1) is 0 Å². The number of nitrogens with zero attached hydrogens (tertiary/aromatic N) is 8. The van der Waals surface area contributed by atoms with Crippen LogP contribution in [0.4, 0.5) is 17.3 Å². The van der Waals surface area contributed by atoms with Crippen molar-refractivity contribution in [1.82, 2.24) is 34.4 Å². The van der Waals surface area contributed by atoms with Crippen LogP contribution in [0.3, 0.4) is 0 Å². The summed E-state index contributed by atoms with van der Waals surface area (Å²) in [4.78, 5) is 33.8. The van der Waals surface area contributed by atoms with Crippen molar-refractivity contribution in [3.05, 3.63) is 79.5 Å². The van der Waals surface area contributed by atoms with Crippen LogP contribution in [-0.2, 0) is 4.79 Å². The summed E-state index contributed by atoms with van der Waals surface area (Å²) in [5, 5.41) is 7.49. The van der Waals surface area contributed by atoms with Crippen LogP contribution in [0.25, 0.3) is 16.7 Å². The number of ether oxygens (including phenoxy) is 1. The smallest absolute Gasteiger partial charge is 0.246 e. The van der Waals surface area contributed by atoms with E-state index >= 15 is 0 Å². The van der Waals surface area contributed by atoms with Crippen LogP contribution in [0.5, 0.6) is 11.5 Å². The van der Waals surface area contributed by atoms with Crippen LogP contribution in [-0.4, -0.2) is 66.5 Å². The molecule has 1 aromatic carbocycles. The first-order chi connectivity index (χ1) is 18.6. The van der Waals surface area contributed by atoms with Gasteiger partial charge in [0.25, 0.3) is 0 Å². The maximum atomic E-state index is 11.9. The fourth-order valence-corrected chi connectivity index (χ4v) is 4.45. The zero-order valence-corrected chi connectivity index (χ0v) is 20.8. The van der Waals surface area contributed by atoms with Crippen LogP contribution in [0.1, 0.15) is 5.56 Å². The van der Waals surface area contributed by atoms with Crippen LogP contribution in [0.2, 0.25) is 0 Å². The second-order valence-corrected chi connectivity index (χ2v) is 8.91. The summed E-state index contributed by atoms with van der Waals surface area (Å²) >= 11 is 0. The highest BCUT2D eigenvalue weighted by Crippen LogP contribution is 2.30. The summed E-state index contributed by atoms with van der Waals surface area (Å²) in [6.45, 7) is 8.21. The molecule has 11 nitrogen and oxygen atoms in total. The minimum atomic E-state index is -0.0425. The van der Waals surface area contributed by atoms with E-state index in [-0.39, 0.29) is 5.91 Å². The molecule has 4 aromatic heterocycles. The molecule has 1 N–H and O–H groups in total. The molecule has 1 aliphatic heterocycles. The number of nitrogens with one attached hydrogen (secondary N) is 1. The van der Waals surface area contributed by atoms with E-state index in [9.17, 15) is 4.79 Å². The molecule has 0 spiro atoms. The second kappa shape index (κ2) is 9.77. The third-order valence-electron chi connectivity index (χ3n) is 6.47. The number of rotatable bonds is 6. The van der Waals surface area contributed by atoms with Gasteiger partial charge in [-0.25, -0.2) is 24.5 Å². The Morgan fingerprint density at radius 2 is 1.89 bits per heavy atom. The molecule has 0 bridgehead atoms. The Balaban J connectivity index is 1.21. The summed E-state index contributed by atoms with van der Waals surface area (Å²) in [5.41, 5.74) is 3.94. The molecule has 190 valence electrons. The van der Waals surface area contributed by atoms with E-state index in [4.69, 9.17) is 9.72 Å². The molecule has 0 radical (unpaired) electrons. The number of benzene rings is 1. The number of carbonyl (C=O) groups excluding carboxylic acids is 1. The molecule has 0 unspecified atom stereocenters. The van der Waals surface area contributed by atoms with Crippen molar-refractivity contribution in [2.24, 2.45) is 0 Å². The molecule has 1 saturated heterocycles. The molecule has 11 heteroatoms. The van der Waals surface area contributed by atoms with Gasteiger partial charge in [-0.1, -0.05) is 6.58 Å². The lowest BCUT2D eigenvalue weighted by Crippen LogP contribution is -2.48. The van der Waals surface area contributed by atoms with Gasteiger partial charge in [-0.2, -0.15) is 5.10 Å². The van der Waals surface area contributed by atoms with Gasteiger partial charge in [0.05, 0.1) is 5.52 Å². The summed E-state index contributed by atoms with van der Waals surface area (Å²) in [7, 11) is 0. The highest BCUT2D eigenvalue weighted by atomic mass is 16.5. The average molecular weight is 508 g/mol. The largest absolute Gasteiger partial charge is 0.457 e. The lowest BCUT2D eigenvalue weighted by molar-refractivity contribution is -0.126. The Bertz CT molecular complexity index is 1660. The Morgan fingerprint density at radius 3 is 2.71 bits per heavy atom. The van der Waals surface area contributed by atoms with Crippen molar-refractivity contribution in [2.75, 3.05) is 36.4 Å². The van der Waals surface area contributed by atoms with Crippen LogP contribution in [0.15, 0.2) is 74.0 Å². The lowest BCUT2D eigenvalue weighted by atomic mass is 10.2. The van der Waals surface area contributed by atoms with Gasteiger partial charge in [0.2, 0.25) is 5.91 Å². The Hall–Kier alpha value is -5.06. The number of piperazine rings is 1. The zero-order chi connectivity index (χ0) is 26.1. The van der Waals surface area contributed by atoms with Crippen molar-refractivity contribution in [3.8, 4) is 11.5 Å². The molecular weight excluding hydrogens is 482 g/mol. The summed E-state index contributed by atoms with van der Waals surface area (Å²) in [6.07, 6.45) is 6.20. The van der Waals surface area contributed by atoms with E-state index < -0.39 is 0 Å². The van der Waals surface area contributed by atoms with Crippen molar-refractivity contribution < 1.29 is 9.53 Å². The number of hydrogen-bond donors (Lipinski definition) is 1. The summed E-state index contributed by atoms with van der Waals surface area (Å²) in [6, 6.07) is 13.4.